The fourth-order valence-corrected chi connectivity index (χ4v) is 1.98. The molecular formula is C14H20N2O6. The van der Waals surface area contributed by atoms with Gasteiger partial charge in [-0.05, 0) is 20.3 Å². The van der Waals surface area contributed by atoms with Crippen molar-refractivity contribution >= 4 is 11.7 Å². The third kappa shape index (κ3) is 4.39. The molecule has 0 bridgehead atoms. The second kappa shape index (κ2) is 8.28. The molecule has 1 unspecified atom stereocenters. The average Bonchev–Trinajstić information content (AvgIpc) is 2.48. The van der Waals surface area contributed by atoms with Crippen molar-refractivity contribution in [2.75, 3.05) is 19.8 Å². The molecule has 0 spiro atoms. The molecule has 0 aromatic carbocycles. The van der Waals surface area contributed by atoms with Crippen LogP contribution in [0.2, 0.25) is 0 Å². The Labute approximate surface area is 127 Å². The van der Waals surface area contributed by atoms with Gasteiger partial charge in [0, 0.05) is 18.2 Å². The molecule has 22 heavy (non-hydrogen) atoms. The first-order valence-corrected chi connectivity index (χ1v) is 7.03. The molecule has 0 aliphatic rings. The van der Waals surface area contributed by atoms with Crippen LogP contribution in [0.1, 0.15) is 31.9 Å². The zero-order valence-corrected chi connectivity index (χ0v) is 12.9. The third-order valence-electron chi connectivity index (χ3n) is 3.09. The van der Waals surface area contributed by atoms with E-state index in [1.54, 1.807) is 6.92 Å². The molecule has 0 aliphatic carbocycles. The van der Waals surface area contributed by atoms with Crippen molar-refractivity contribution in [3.63, 3.8) is 0 Å². The van der Waals surface area contributed by atoms with Crippen molar-refractivity contribution in [3.8, 4) is 0 Å². The lowest BCUT2D eigenvalue weighted by Gasteiger charge is -2.17. The zero-order chi connectivity index (χ0) is 16.7. The Morgan fingerprint density at radius 1 is 1.41 bits per heavy atom. The summed E-state index contributed by atoms with van der Waals surface area (Å²) < 4.78 is 11.2. The Kier molecular flexibility index (Phi) is 6.71. The van der Waals surface area contributed by atoms with Crippen LogP contribution >= 0.6 is 0 Å². The predicted octanol–water partition coefficient (Wildman–Crippen LogP) is 1.60. The van der Waals surface area contributed by atoms with Crippen LogP contribution in [0, 0.1) is 17.0 Å². The summed E-state index contributed by atoms with van der Waals surface area (Å²) in [4.78, 5) is 34.5. The Bertz CT molecular complexity index is 595. The highest BCUT2D eigenvalue weighted by Crippen LogP contribution is 2.17. The first kappa shape index (κ1) is 17.8. The highest BCUT2D eigenvalue weighted by Gasteiger charge is 2.24. The van der Waals surface area contributed by atoms with Crippen LogP contribution in [-0.2, 0) is 14.3 Å². The number of pyridine rings is 1. The minimum atomic E-state index is -0.896. The van der Waals surface area contributed by atoms with E-state index in [0.717, 1.165) is 10.8 Å². The minimum absolute atomic E-state index is 0.0752. The molecule has 0 fully saturated rings. The summed E-state index contributed by atoms with van der Waals surface area (Å²) in [6.45, 7) is 5.85. The van der Waals surface area contributed by atoms with Crippen LogP contribution in [0.15, 0.2) is 17.1 Å². The predicted molar refractivity (Wildman–Crippen MR) is 78.9 cm³/mol. The number of aromatic nitrogens is 1. The molecule has 0 saturated heterocycles. The average molecular weight is 312 g/mol. The van der Waals surface area contributed by atoms with Crippen LogP contribution in [0.3, 0.4) is 0 Å². The van der Waals surface area contributed by atoms with E-state index < -0.39 is 22.5 Å². The molecule has 1 aromatic heterocycles. The molecule has 122 valence electrons. The van der Waals surface area contributed by atoms with Gasteiger partial charge in [-0.15, -0.1) is 0 Å². The highest BCUT2D eigenvalue weighted by molar-refractivity contribution is 5.74. The summed E-state index contributed by atoms with van der Waals surface area (Å²) >= 11 is 0. The van der Waals surface area contributed by atoms with Gasteiger partial charge in [-0.1, -0.05) is 6.92 Å². The quantitative estimate of drug-likeness (QED) is 0.313. The van der Waals surface area contributed by atoms with Gasteiger partial charge < -0.3 is 9.47 Å². The molecule has 1 heterocycles. The molecule has 0 amide bonds. The molecule has 1 rings (SSSR count). The largest absolute Gasteiger partial charge is 0.462 e. The van der Waals surface area contributed by atoms with Gasteiger partial charge in [-0.3, -0.25) is 19.5 Å². The van der Waals surface area contributed by atoms with E-state index in [1.165, 1.54) is 13.0 Å². The highest BCUT2D eigenvalue weighted by atomic mass is 16.6. The summed E-state index contributed by atoms with van der Waals surface area (Å²) in [5.74, 6) is -0.607. The minimum Gasteiger partial charge on any atom is -0.462 e. The van der Waals surface area contributed by atoms with Crippen molar-refractivity contribution < 1.29 is 19.2 Å². The van der Waals surface area contributed by atoms with Gasteiger partial charge in [-0.2, -0.15) is 0 Å². The van der Waals surface area contributed by atoms with Crippen molar-refractivity contribution in [3.05, 3.63) is 38.3 Å². The third-order valence-corrected chi connectivity index (χ3v) is 3.09. The number of nitrogens with zero attached hydrogens (tertiary/aromatic N) is 2. The monoisotopic (exact) mass is 312 g/mol. The van der Waals surface area contributed by atoms with E-state index in [-0.39, 0.29) is 30.9 Å². The standard InChI is InChI=1S/C14H20N2O6/c1-4-12(14(18)22-7-6-21-5-2)15-9-11(16(19)20)8-10(3)13(15)17/h8-9,12H,4-7H2,1-3H3. The van der Waals surface area contributed by atoms with Crippen LogP contribution in [0.5, 0.6) is 0 Å². The molecular weight excluding hydrogens is 292 g/mol. The van der Waals surface area contributed by atoms with Crippen LogP contribution in [0.4, 0.5) is 5.69 Å². The zero-order valence-electron chi connectivity index (χ0n) is 12.9. The summed E-state index contributed by atoms with van der Waals surface area (Å²) in [7, 11) is 0. The number of nitro groups is 1. The Balaban J connectivity index is 3.01. The lowest BCUT2D eigenvalue weighted by atomic mass is 10.2. The Morgan fingerprint density at radius 3 is 2.64 bits per heavy atom. The summed E-state index contributed by atoms with van der Waals surface area (Å²) in [5.41, 5.74) is -0.480. The van der Waals surface area contributed by atoms with Crippen molar-refractivity contribution in [1.82, 2.24) is 4.57 Å². The second-order valence-corrected chi connectivity index (χ2v) is 4.64. The van der Waals surface area contributed by atoms with Gasteiger partial charge in [-0.25, -0.2) is 4.79 Å². The Hall–Kier alpha value is -2.22. The van der Waals surface area contributed by atoms with E-state index in [9.17, 15) is 19.7 Å². The number of aryl methyl sites for hydroxylation is 1. The maximum Gasteiger partial charge on any atom is 0.329 e. The molecule has 8 heteroatoms. The fraction of sp³-hybridized carbons (Fsp3) is 0.571. The maximum absolute atomic E-state index is 12.1. The van der Waals surface area contributed by atoms with Crippen LogP contribution in [-0.4, -0.2) is 35.3 Å². The van der Waals surface area contributed by atoms with Crippen molar-refractivity contribution in [2.24, 2.45) is 0 Å². The van der Waals surface area contributed by atoms with Gasteiger partial charge in [0.1, 0.15) is 12.6 Å². The first-order valence-electron chi connectivity index (χ1n) is 7.03. The summed E-state index contributed by atoms with van der Waals surface area (Å²) in [5, 5.41) is 10.9. The lowest BCUT2D eigenvalue weighted by molar-refractivity contribution is -0.385. The van der Waals surface area contributed by atoms with E-state index >= 15 is 0 Å². The molecule has 8 nitrogen and oxygen atoms in total. The number of hydrogen-bond acceptors (Lipinski definition) is 6. The summed E-state index contributed by atoms with van der Waals surface area (Å²) in [6.07, 6.45) is 1.36. The molecule has 0 radical (unpaired) electrons. The van der Waals surface area contributed by atoms with Crippen LogP contribution in [0.25, 0.3) is 0 Å². The van der Waals surface area contributed by atoms with Gasteiger partial charge in [0.2, 0.25) is 0 Å². The molecule has 0 saturated carbocycles. The van der Waals surface area contributed by atoms with E-state index in [0.29, 0.717) is 6.61 Å². The molecule has 1 aromatic rings. The van der Waals surface area contributed by atoms with E-state index in [1.807, 2.05) is 6.92 Å². The van der Waals surface area contributed by atoms with Gasteiger partial charge in [0.15, 0.2) is 0 Å². The van der Waals surface area contributed by atoms with E-state index in [2.05, 4.69) is 0 Å². The smallest absolute Gasteiger partial charge is 0.329 e. The number of rotatable bonds is 8. The lowest BCUT2D eigenvalue weighted by Crippen LogP contribution is -2.32. The topological polar surface area (TPSA) is 101 Å². The SMILES string of the molecule is CCOCCOC(=O)C(CC)n1cc([N+](=O)[O-])cc(C)c1=O. The van der Waals surface area contributed by atoms with Crippen molar-refractivity contribution in [1.29, 1.82) is 0 Å². The number of ether oxygens (including phenoxy) is 2. The molecule has 0 aliphatic heterocycles. The maximum atomic E-state index is 12.1. The molecule has 0 N–H and O–H groups in total. The van der Waals surface area contributed by atoms with Crippen molar-refractivity contribution in [2.45, 2.75) is 33.2 Å². The summed E-state index contributed by atoms with van der Waals surface area (Å²) in [6, 6.07) is 0.291. The Morgan fingerprint density at radius 2 is 2.09 bits per heavy atom. The second-order valence-electron chi connectivity index (χ2n) is 4.64. The normalized spacial score (nSPS) is 12.0. The number of esters is 1. The first-order chi connectivity index (χ1) is 10.4. The van der Waals surface area contributed by atoms with Crippen LogP contribution < -0.4 is 5.56 Å². The van der Waals surface area contributed by atoms with Gasteiger partial charge in [0.25, 0.3) is 11.2 Å². The van der Waals surface area contributed by atoms with Gasteiger partial charge >= 0.3 is 5.97 Å². The fourth-order valence-electron chi connectivity index (χ4n) is 1.98. The number of carbonyl (C=O) groups excluding carboxylic acids is 1. The molecule has 1 atom stereocenters. The number of hydrogen-bond donors (Lipinski definition) is 0. The number of carbonyl (C=O) groups is 1. The van der Waals surface area contributed by atoms with E-state index in [4.69, 9.17) is 9.47 Å². The van der Waals surface area contributed by atoms with Gasteiger partial charge in [0.05, 0.1) is 17.7 Å².